The molecule has 0 spiro atoms. The van der Waals surface area contributed by atoms with E-state index in [1.807, 2.05) is 36.4 Å². The Labute approximate surface area is 119 Å². The third kappa shape index (κ3) is 2.67. The monoisotopic (exact) mass is 270 g/mol. The molecule has 4 heteroatoms. The highest BCUT2D eigenvalue weighted by molar-refractivity contribution is 6.63. The van der Waals surface area contributed by atoms with Gasteiger partial charge in [-0.2, -0.15) is 0 Å². The van der Waals surface area contributed by atoms with Gasteiger partial charge in [0.2, 0.25) is 0 Å². The van der Waals surface area contributed by atoms with Crippen LogP contribution in [-0.2, 0) is 0 Å². The van der Waals surface area contributed by atoms with Crippen molar-refractivity contribution in [2.75, 3.05) is 0 Å². The van der Waals surface area contributed by atoms with Gasteiger partial charge in [-0.3, -0.25) is 0 Å². The molecule has 3 rings (SSSR count). The van der Waals surface area contributed by atoms with Crippen molar-refractivity contribution in [3.05, 3.63) is 36.4 Å². The molecule has 0 radical (unpaired) electrons. The molecule has 20 heavy (non-hydrogen) atoms. The average Bonchev–Trinajstić information content (AvgIpc) is 2.47. The summed E-state index contributed by atoms with van der Waals surface area (Å²) in [5, 5.41) is 21.3. The van der Waals surface area contributed by atoms with Crippen LogP contribution in [0.5, 0.6) is 5.75 Å². The smallest absolute Gasteiger partial charge is 0.491 e. The Bertz CT molecular complexity index is 591. The summed E-state index contributed by atoms with van der Waals surface area (Å²) in [6, 6.07) is 11.5. The highest BCUT2D eigenvalue weighted by atomic mass is 16.5. The summed E-state index contributed by atoms with van der Waals surface area (Å²) in [6.07, 6.45) is 5.95. The number of hydrogen-bond acceptors (Lipinski definition) is 3. The van der Waals surface area contributed by atoms with Crippen molar-refractivity contribution >= 4 is 23.4 Å². The molecule has 0 heterocycles. The molecule has 0 saturated heterocycles. The number of rotatable bonds is 3. The van der Waals surface area contributed by atoms with E-state index in [1.54, 1.807) is 0 Å². The minimum absolute atomic E-state index is 0.197. The molecule has 0 aromatic heterocycles. The quantitative estimate of drug-likeness (QED) is 0.841. The minimum Gasteiger partial charge on any atom is -0.491 e. The fraction of sp³-hybridized carbons (Fsp3) is 0.375. The molecule has 3 nitrogen and oxygen atoms in total. The Morgan fingerprint density at radius 3 is 2.45 bits per heavy atom. The van der Waals surface area contributed by atoms with Crippen molar-refractivity contribution < 1.29 is 14.8 Å². The van der Waals surface area contributed by atoms with Crippen LogP contribution in [0.4, 0.5) is 0 Å². The van der Waals surface area contributed by atoms with Gasteiger partial charge in [-0.25, -0.2) is 0 Å². The molecule has 1 saturated carbocycles. The summed E-state index contributed by atoms with van der Waals surface area (Å²) in [7, 11) is -1.51. The summed E-state index contributed by atoms with van der Waals surface area (Å²) in [5.74, 6) is 0.602. The first-order chi connectivity index (χ1) is 9.75. The van der Waals surface area contributed by atoms with E-state index in [9.17, 15) is 10.0 Å². The van der Waals surface area contributed by atoms with E-state index in [1.165, 1.54) is 19.3 Å². The first-order valence-electron chi connectivity index (χ1n) is 7.30. The largest absolute Gasteiger partial charge is 0.492 e. The van der Waals surface area contributed by atoms with E-state index in [0.29, 0.717) is 11.2 Å². The molecule has 2 aromatic rings. The van der Waals surface area contributed by atoms with Gasteiger partial charge in [-0.05, 0) is 42.5 Å². The summed E-state index contributed by atoms with van der Waals surface area (Å²) >= 11 is 0. The van der Waals surface area contributed by atoms with Gasteiger partial charge in [0.05, 0.1) is 6.10 Å². The molecular formula is C16H19BO3. The van der Waals surface area contributed by atoms with Crippen molar-refractivity contribution in [3.8, 4) is 5.75 Å². The predicted molar refractivity (Wildman–Crippen MR) is 81.3 cm³/mol. The van der Waals surface area contributed by atoms with Crippen LogP contribution in [0, 0.1) is 0 Å². The van der Waals surface area contributed by atoms with Gasteiger partial charge in [0, 0.05) is 5.46 Å². The summed E-state index contributed by atoms with van der Waals surface area (Å²) in [6.45, 7) is 0. The first-order valence-corrected chi connectivity index (χ1v) is 7.30. The standard InChI is InChI=1S/C16H19BO3/c18-17(19)16-14-9-5-4-6-12(14)10-11-15(16)20-13-7-2-1-3-8-13/h4-6,9-11,13,18-19H,1-3,7-8H2. The van der Waals surface area contributed by atoms with Crippen LogP contribution in [0.15, 0.2) is 36.4 Å². The molecule has 1 aliphatic rings. The van der Waals surface area contributed by atoms with Crippen LogP contribution in [0.2, 0.25) is 0 Å². The Kier molecular flexibility index (Phi) is 3.94. The molecule has 2 aromatic carbocycles. The maximum atomic E-state index is 9.71. The summed E-state index contributed by atoms with van der Waals surface area (Å²) in [5.41, 5.74) is 0.480. The lowest BCUT2D eigenvalue weighted by atomic mass is 9.76. The van der Waals surface area contributed by atoms with Gasteiger partial charge >= 0.3 is 7.12 Å². The van der Waals surface area contributed by atoms with Gasteiger partial charge < -0.3 is 14.8 Å². The number of ether oxygens (including phenoxy) is 1. The second-order valence-corrected chi connectivity index (χ2v) is 5.45. The van der Waals surface area contributed by atoms with E-state index in [0.717, 1.165) is 23.6 Å². The second-order valence-electron chi connectivity index (χ2n) is 5.45. The molecule has 0 aliphatic heterocycles. The first kappa shape index (κ1) is 13.5. The molecule has 0 unspecified atom stereocenters. The van der Waals surface area contributed by atoms with Crippen LogP contribution in [0.3, 0.4) is 0 Å². The zero-order valence-electron chi connectivity index (χ0n) is 11.5. The fourth-order valence-electron chi connectivity index (χ4n) is 3.01. The summed E-state index contributed by atoms with van der Waals surface area (Å²) in [4.78, 5) is 0. The van der Waals surface area contributed by atoms with Crippen molar-refractivity contribution in [2.24, 2.45) is 0 Å². The number of benzene rings is 2. The van der Waals surface area contributed by atoms with Gasteiger partial charge in [0.1, 0.15) is 5.75 Å². The molecule has 0 bridgehead atoms. The maximum Gasteiger partial charge on any atom is 0.492 e. The van der Waals surface area contributed by atoms with Crippen LogP contribution in [-0.4, -0.2) is 23.3 Å². The van der Waals surface area contributed by atoms with Crippen LogP contribution < -0.4 is 10.2 Å². The van der Waals surface area contributed by atoms with Crippen molar-refractivity contribution in [3.63, 3.8) is 0 Å². The third-order valence-electron chi connectivity index (χ3n) is 4.03. The highest BCUT2D eigenvalue weighted by Crippen LogP contribution is 2.25. The van der Waals surface area contributed by atoms with Gasteiger partial charge in [-0.1, -0.05) is 36.8 Å². The lowest BCUT2D eigenvalue weighted by Crippen LogP contribution is -2.34. The minimum atomic E-state index is -1.51. The van der Waals surface area contributed by atoms with Crippen molar-refractivity contribution in [1.29, 1.82) is 0 Å². The average molecular weight is 270 g/mol. The number of fused-ring (bicyclic) bond motifs is 1. The van der Waals surface area contributed by atoms with Crippen molar-refractivity contribution in [1.82, 2.24) is 0 Å². The van der Waals surface area contributed by atoms with Crippen LogP contribution >= 0.6 is 0 Å². The van der Waals surface area contributed by atoms with Crippen LogP contribution in [0.1, 0.15) is 32.1 Å². The zero-order chi connectivity index (χ0) is 13.9. The van der Waals surface area contributed by atoms with Gasteiger partial charge in [0.15, 0.2) is 0 Å². The Morgan fingerprint density at radius 1 is 0.950 bits per heavy atom. The molecule has 104 valence electrons. The van der Waals surface area contributed by atoms with E-state index < -0.39 is 7.12 Å². The van der Waals surface area contributed by atoms with E-state index in [2.05, 4.69) is 0 Å². The van der Waals surface area contributed by atoms with E-state index in [4.69, 9.17) is 4.74 Å². The normalized spacial score (nSPS) is 16.3. The van der Waals surface area contributed by atoms with Crippen LogP contribution in [0.25, 0.3) is 10.8 Å². The molecule has 1 aliphatic carbocycles. The van der Waals surface area contributed by atoms with E-state index in [-0.39, 0.29) is 6.10 Å². The SMILES string of the molecule is OB(O)c1c(OC2CCCCC2)ccc2ccccc12. The summed E-state index contributed by atoms with van der Waals surface area (Å²) < 4.78 is 6.04. The lowest BCUT2D eigenvalue weighted by Gasteiger charge is -2.24. The molecule has 2 N–H and O–H groups in total. The lowest BCUT2D eigenvalue weighted by molar-refractivity contribution is 0.156. The topological polar surface area (TPSA) is 49.7 Å². The van der Waals surface area contributed by atoms with Gasteiger partial charge in [0.25, 0.3) is 0 Å². The third-order valence-corrected chi connectivity index (χ3v) is 4.03. The maximum absolute atomic E-state index is 9.71. The molecule has 0 amide bonds. The predicted octanol–water partition coefficient (Wildman–Crippen LogP) is 2.23. The Balaban J connectivity index is 1.98. The second kappa shape index (κ2) is 5.86. The van der Waals surface area contributed by atoms with E-state index >= 15 is 0 Å². The van der Waals surface area contributed by atoms with Crippen molar-refractivity contribution in [2.45, 2.75) is 38.2 Å². The highest BCUT2D eigenvalue weighted by Gasteiger charge is 2.23. The fourth-order valence-corrected chi connectivity index (χ4v) is 3.01. The Hall–Kier alpha value is -1.52. The number of hydrogen-bond donors (Lipinski definition) is 2. The van der Waals surface area contributed by atoms with Gasteiger partial charge in [-0.15, -0.1) is 0 Å². The zero-order valence-corrected chi connectivity index (χ0v) is 11.5. The molecule has 0 atom stereocenters. The molecule has 1 fully saturated rings. The molecular weight excluding hydrogens is 251 g/mol. The Morgan fingerprint density at radius 2 is 1.70 bits per heavy atom.